The van der Waals surface area contributed by atoms with Crippen molar-refractivity contribution in [2.24, 2.45) is 4.36 Å². The third-order valence-corrected chi connectivity index (χ3v) is 3.82. The van der Waals surface area contributed by atoms with E-state index in [0.29, 0.717) is 5.25 Å². The van der Waals surface area contributed by atoms with Gasteiger partial charge in [0.05, 0.1) is 0 Å². The van der Waals surface area contributed by atoms with Gasteiger partial charge in [-0.3, -0.25) is 9.14 Å². The highest BCUT2D eigenvalue weighted by Crippen LogP contribution is 2.05. The molecule has 0 aromatic carbocycles. The van der Waals surface area contributed by atoms with Crippen molar-refractivity contribution < 1.29 is 0 Å². The lowest BCUT2D eigenvalue weighted by molar-refractivity contribution is 1.09. The van der Waals surface area contributed by atoms with Crippen LogP contribution < -0.4 is 0 Å². The van der Waals surface area contributed by atoms with Gasteiger partial charge in [0.1, 0.15) is 0 Å². The summed E-state index contributed by atoms with van der Waals surface area (Å²) in [6.07, 6.45) is 0. The maximum Gasteiger partial charge on any atom is 0.0360 e. The largest absolute Gasteiger partial charge is 0.266 e. The normalized spacial score (nSPS) is 16.9. The molecule has 0 fully saturated rings. The van der Waals surface area contributed by atoms with Gasteiger partial charge in [-0.1, -0.05) is 20.4 Å². The van der Waals surface area contributed by atoms with E-state index >= 15 is 0 Å². The molecule has 2 nitrogen and oxygen atoms in total. The van der Waals surface area contributed by atoms with Crippen LogP contribution in [-0.4, -0.2) is 12.3 Å². The first-order valence-electron chi connectivity index (χ1n) is 2.87. The van der Waals surface area contributed by atoms with Crippen molar-refractivity contribution in [1.29, 1.82) is 4.78 Å². The van der Waals surface area contributed by atoms with Crippen molar-refractivity contribution in [2.45, 2.75) is 19.1 Å². The Labute approximate surface area is 57.6 Å². The smallest absolute Gasteiger partial charge is 0.0360 e. The summed E-state index contributed by atoms with van der Waals surface area (Å²) < 4.78 is 11.6. The maximum absolute atomic E-state index is 7.67. The number of rotatable bonds is 2. The zero-order valence-electron chi connectivity index (χ0n) is 6.22. The molecule has 0 saturated carbocycles. The van der Waals surface area contributed by atoms with E-state index in [2.05, 4.69) is 10.9 Å². The number of nitrogens with zero attached hydrogens (tertiary/aromatic N) is 1. The van der Waals surface area contributed by atoms with Gasteiger partial charge in [0, 0.05) is 12.3 Å². The van der Waals surface area contributed by atoms with Crippen LogP contribution in [0, 0.1) is 4.78 Å². The monoisotopic (exact) mass is 146 g/mol. The summed E-state index contributed by atoms with van der Waals surface area (Å²) in [5, 5.41) is 1.94. The van der Waals surface area contributed by atoms with Crippen LogP contribution in [0.2, 0.25) is 0 Å². The molecule has 0 rings (SSSR count). The highest BCUT2D eigenvalue weighted by atomic mass is 32.2. The minimum atomic E-state index is -1.59. The first-order chi connectivity index (χ1) is 4.06. The molecule has 0 radical (unpaired) electrons. The Bertz CT molecular complexity index is 197. The van der Waals surface area contributed by atoms with Gasteiger partial charge in [-0.05, 0) is 15.0 Å². The van der Waals surface area contributed by atoms with E-state index in [1.165, 1.54) is 0 Å². The van der Waals surface area contributed by atoms with Gasteiger partial charge < -0.3 is 0 Å². The van der Waals surface area contributed by atoms with Crippen molar-refractivity contribution in [2.75, 3.05) is 7.05 Å². The van der Waals surface area contributed by atoms with Crippen LogP contribution in [0.3, 0.4) is 0 Å². The third kappa shape index (κ3) is 1.82. The van der Waals surface area contributed by atoms with E-state index in [4.69, 9.17) is 4.78 Å². The van der Waals surface area contributed by atoms with Crippen LogP contribution in [0.15, 0.2) is 16.3 Å². The Kier molecular flexibility index (Phi) is 2.91. The standard InChI is InChI=1S/C6H14N2S/c1-5-9(7,8-4)6(2)3/h5-7H,1H2,2-4H3. The average molecular weight is 146 g/mol. The van der Waals surface area contributed by atoms with Gasteiger partial charge in [-0.2, -0.15) is 0 Å². The molecule has 0 aromatic heterocycles. The third-order valence-electron chi connectivity index (χ3n) is 1.27. The molecule has 0 heterocycles. The van der Waals surface area contributed by atoms with Crippen LogP contribution >= 0.6 is 0 Å². The zero-order chi connectivity index (χ0) is 7.49. The first-order valence-corrected chi connectivity index (χ1v) is 4.58. The Morgan fingerprint density at radius 1 is 1.67 bits per heavy atom. The van der Waals surface area contributed by atoms with Crippen LogP contribution in [0.4, 0.5) is 0 Å². The predicted molar refractivity (Wildman–Crippen MR) is 43.8 cm³/mol. The molecule has 1 atom stereocenters. The fourth-order valence-electron chi connectivity index (χ4n) is 0.478. The summed E-state index contributed by atoms with van der Waals surface area (Å²) in [5.74, 6) is 0. The molecule has 0 aliphatic rings. The summed E-state index contributed by atoms with van der Waals surface area (Å²) in [6, 6.07) is 0. The quantitative estimate of drug-likeness (QED) is 0.620. The lowest BCUT2D eigenvalue weighted by atomic mass is 10.6. The molecule has 1 N–H and O–H groups in total. The maximum atomic E-state index is 7.67. The zero-order valence-corrected chi connectivity index (χ0v) is 7.03. The molecule has 0 bridgehead atoms. The SMILES string of the molecule is C=CS(=N)(=NC)C(C)C. The first kappa shape index (κ1) is 8.69. The molecule has 0 aliphatic heterocycles. The molecule has 1 unspecified atom stereocenters. The van der Waals surface area contributed by atoms with Crippen LogP contribution in [-0.2, 0) is 9.62 Å². The minimum Gasteiger partial charge on any atom is -0.266 e. The molecule has 0 spiro atoms. The second-order valence-corrected chi connectivity index (χ2v) is 5.06. The summed E-state index contributed by atoms with van der Waals surface area (Å²) >= 11 is 0. The van der Waals surface area contributed by atoms with E-state index in [-0.39, 0.29) is 0 Å². The van der Waals surface area contributed by atoms with Crippen molar-refractivity contribution in [1.82, 2.24) is 0 Å². The van der Waals surface area contributed by atoms with Crippen LogP contribution in [0.1, 0.15) is 13.8 Å². The Morgan fingerprint density at radius 3 is 2.11 bits per heavy atom. The Balaban J connectivity index is 4.74. The summed E-state index contributed by atoms with van der Waals surface area (Å²) in [5.41, 5.74) is 0. The van der Waals surface area contributed by atoms with Crippen LogP contribution in [0.5, 0.6) is 0 Å². The van der Waals surface area contributed by atoms with E-state index in [9.17, 15) is 0 Å². The predicted octanol–water partition coefficient (Wildman–Crippen LogP) is 2.27. The molecule has 0 saturated heterocycles. The minimum absolute atomic E-state index is 0.292. The van der Waals surface area contributed by atoms with Crippen molar-refractivity contribution >= 4 is 9.62 Å². The van der Waals surface area contributed by atoms with E-state index < -0.39 is 9.62 Å². The fourth-order valence-corrected chi connectivity index (χ4v) is 1.43. The highest BCUT2D eigenvalue weighted by molar-refractivity contribution is 7.97. The summed E-state index contributed by atoms with van der Waals surface area (Å²) in [7, 11) is 0.0919. The van der Waals surface area contributed by atoms with Gasteiger partial charge in [-0.15, -0.1) is 0 Å². The van der Waals surface area contributed by atoms with Gasteiger partial charge in [-0.25, -0.2) is 0 Å². The van der Waals surface area contributed by atoms with Crippen molar-refractivity contribution in [3.63, 3.8) is 0 Å². The second kappa shape index (κ2) is 3.01. The van der Waals surface area contributed by atoms with Crippen molar-refractivity contribution in [3.8, 4) is 0 Å². The molecule has 0 aliphatic carbocycles. The fraction of sp³-hybridized carbons (Fsp3) is 0.667. The number of hydrogen-bond acceptors (Lipinski definition) is 2. The molecule has 0 amide bonds. The topological polar surface area (TPSA) is 36.2 Å². The van der Waals surface area contributed by atoms with E-state index in [0.717, 1.165) is 0 Å². The molecule has 3 heteroatoms. The Hall–Kier alpha value is -0.310. The average Bonchev–Trinajstić information content (AvgIpc) is 1.86. The molecule has 9 heavy (non-hydrogen) atoms. The molecule has 0 aromatic rings. The lowest BCUT2D eigenvalue weighted by Gasteiger charge is -2.10. The molecule has 54 valence electrons. The summed E-state index contributed by atoms with van der Waals surface area (Å²) in [4.78, 5) is 0. The van der Waals surface area contributed by atoms with Gasteiger partial charge in [0.15, 0.2) is 0 Å². The van der Waals surface area contributed by atoms with Crippen molar-refractivity contribution in [3.05, 3.63) is 12.0 Å². The highest BCUT2D eigenvalue weighted by Gasteiger charge is 2.01. The van der Waals surface area contributed by atoms with E-state index in [1.807, 2.05) is 13.8 Å². The van der Waals surface area contributed by atoms with Gasteiger partial charge >= 0.3 is 0 Å². The molecular formula is C6H14N2S. The lowest BCUT2D eigenvalue weighted by Crippen LogP contribution is -2.07. The van der Waals surface area contributed by atoms with Crippen LogP contribution in [0.25, 0.3) is 0 Å². The van der Waals surface area contributed by atoms with E-state index in [1.54, 1.807) is 12.5 Å². The second-order valence-electron chi connectivity index (χ2n) is 2.07. The molecular weight excluding hydrogens is 132 g/mol. The van der Waals surface area contributed by atoms with Gasteiger partial charge in [0.25, 0.3) is 0 Å². The number of hydrogen-bond donors (Lipinski definition) is 1. The summed E-state index contributed by atoms with van der Waals surface area (Å²) in [6.45, 7) is 7.57. The van der Waals surface area contributed by atoms with Gasteiger partial charge in [0.2, 0.25) is 0 Å². The Morgan fingerprint density at radius 2 is 2.11 bits per heavy atom. The number of nitrogens with one attached hydrogen (secondary N) is 1.